The molecule has 0 bridgehead atoms. The summed E-state index contributed by atoms with van der Waals surface area (Å²) in [5.74, 6) is -1.11. The molecule has 0 atom stereocenters. The Labute approximate surface area is 177 Å². The van der Waals surface area contributed by atoms with Crippen LogP contribution in [0.2, 0.25) is 0 Å². The Morgan fingerprint density at radius 3 is 2.39 bits per heavy atom. The minimum Gasteiger partial charge on any atom is -0.478 e. The number of rotatable bonds is 3. The van der Waals surface area contributed by atoms with Crippen LogP contribution in [-0.4, -0.2) is 39.6 Å². The summed E-state index contributed by atoms with van der Waals surface area (Å²) in [6.07, 6.45) is 1.58. The van der Waals surface area contributed by atoms with Gasteiger partial charge in [0.1, 0.15) is 5.58 Å². The Hall–Kier alpha value is -3.45. The van der Waals surface area contributed by atoms with Crippen molar-refractivity contribution in [2.75, 3.05) is 6.54 Å². The summed E-state index contributed by atoms with van der Waals surface area (Å²) < 4.78 is 5.72. The Bertz CT molecular complexity index is 1250. The summed E-state index contributed by atoms with van der Waals surface area (Å²) in [6.45, 7) is 0.608. The zero-order valence-corrected chi connectivity index (χ0v) is 16.7. The highest BCUT2D eigenvalue weighted by molar-refractivity contribution is 5.96. The van der Waals surface area contributed by atoms with E-state index in [1.165, 1.54) is 24.3 Å². The van der Waals surface area contributed by atoms with Crippen LogP contribution in [0.5, 0.6) is 0 Å². The lowest BCUT2D eigenvalue weighted by molar-refractivity contribution is 0.0692. The van der Waals surface area contributed by atoms with Gasteiger partial charge in [-0.05, 0) is 60.6 Å². The molecule has 0 radical (unpaired) electrons. The number of nitrogens with zero attached hydrogens (tertiary/aromatic N) is 1. The number of carbonyl (C=O) groups excluding carboxylic acids is 1. The summed E-state index contributed by atoms with van der Waals surface area (Å²) >= 11 is 0. The Kier molecular flexibility index (Phi) is 4.63. The maximum Gasteiger partial charge on any atom is 0.341 e. The third-order valence-corrected chi connectivity index (χ3v) is 6.38. The number of amides is 1. The van der Waals surface area contributed by atoms with Gasteiger partial charge in [0.15, 0.2) is 0 Å². The fourth-order valence-electron chi connectivity index (χ4n) is 4.58. The maximum absolute atomic E-state index is 12.9. The first-order valence-corrected chi connectivity index (χ1v) is 10.3. The molecule has 1 aromatic heterocycles. The standard InChI is InChI=1S/C24H21NO6/c26-16-10-15(11-16)17-2-1-3-19-18-8-9-25(12-20(18)24(30)31-21(17)19)22(27)13-4-6-14(7-5-13)23(28)29/h1-7,15-16,26H,8-12H2,(H,28,29). The summed E-state index contributed by atoms with van der Waals surface area (Å²) in [6, 6.07) is 11.6. The number of carbonyl (C=O) groups is 2. The molecule has 0 unspecified atom stereocenters. The van der Waals surface area contributed by atoms with Crippen molar-refractivity contribution in [1.29, 1.82) is 0 Å². The van der Waals surface area contributed by atoms with Crippen molar-refractivity contribution >= 4 is 22.8 Å². The van der Waals surface area contributed by atoms with Gasteiger partial charge in [0.05, 0.1) is 23.8 Å². The first kappa shape index (κ1) is 19.5. The lowest BCUT2D eigenvalue weighted by atomic mass is 9.77. The number of aliphatic hydroxyl groups is 1. The van der Waals surface area contributed by atoms with E-state index in [-0.39, 0.29) is 30.0 Å². The molecule has 7 heteroatoms. The predicted molar refractivity (Wildman–Crippen MR) is 112 cm³/mol. The van der Waals surface area contributed by atoms with Crippen LogP contribution in [-0.2, 0) is 13.0 Å². The second kappa shape index (κ2) is 7.35. The number of hydrogen-bond acceptors (Lipinski definition) is 5. The van der Waals surface area contributed by atoms with Crippen LogP contribution in [0.25, 0.3) is 11.0 Å². The normalized spacial score (nSPS) is 20.2. The molecule has 2 N–H and O–H groups in total. The van der Waals surface area contributed by atoms with Crippen molar-refractivity contribution in [2.24, 2.45) is 0 Å². The highest BCUT2D eigenvalue weighted by Gasteiger charge is 2.32. The number of hydrogen-bond donors (Lipinski definition) is 2. The Balaban J connectivity index is 1.47. The van der Waals surface area contributed by atoms with Crippen LogP contribution >= 0.6 is 0 Å². The summed E-state index contributed by atoms with van der Waals surface area (Å²) in [7, 11) is 0. The molecule has 1 amide bonds. The predicted octanol–water partition coefficient (Wildman–Crippen LogP) is 2.93. The van der Waals surface area contributed by atoms with Gasteiger partial charge in [0.2, 0.25) is 0 Å². The van der Waals surface area contributed by atoms with Crippen molar-refractivity contribution in [1.82, 2.24) is 4.90 Å². The summed E-state index contributed by atoms with van der Waals surface area (Å²) in [4.78, 5) is 38.3. The van der Waals surface area contributed by atoms with Crippen LogP contribution in [0.1, 0.15) is 56.2 Å². The van der Waals surface area contributed by atoms with Gasteiger partial charge in [0.25, 0.3) is 5.91 Å². The van der Waals surface area contributed by atoms with Crippen LogP contribution in [0.15, 0.2) is 51.7 Å². The van der Waals surface area contributed by atoms with E-state index < -0.39 is 11.6 Å². The van der Waals surface area contributed by atoms with E-state index in [0.717, 1.165) is 16.5 Å². The zero-order valence-electron chi connectivity index (χ0n) is 16.7. The van der Waals surface area contributed by atoms with Crippen LogP contribution in [0.4, 0.5) is 0 Å². The monoisotopic (exact) mass is 419 g/mol. The van der Waals surface area contributed by atoms with E-state index in [1.807, 2.05) is 18.2 Å². The molecule has 0 saturated heterocycles. The van der Waals surface area contributed by atoms with Gasteiger partial charge in [-0.2, -0.15) is 0 Å². The molecule has 1 aliphatic carbocycles. The van der Waals surface area contributed by atoms with Gasteiger partial charge in [-0.3, -0.25) is 4.79 Å². The molecule has 2 heterocycles. The van der Waals surface area contributed by atoms with Crippen molar-refractivity contribution < 1.29 is 24.2 Å². The zero-order chi connectivity index (χ0) is 21.7. The second-order valence-electron chi connectivity index (χ2n) is 8.25. The van der Waals surface area contributed by atoms with Crippen molar-refractivity contribution in [2.45, 2.75) is 37.8 Å². The quantitative estimate of drug-likeness (QED) is 0.632. The summed E-state index contributed by atoms with van der Waals surface area (Å²) in [5, 5.41) is 19.6. The van der Waals surface area contributed by atoms with Crippen molar-refractivity contribution in [3.05, 3.63) is 80.7 Å². The van der Waals surface area contributed by atoms with Gasteiger partial charge in [-0.25, -0.2) is 9.59 Å². The number of para-hydroxylation sites is 1. The van der Waals surface area contributed by atoms with Crippen LogP contribution < -0.4 is 5.63 Å². The van der Waals surface area contributed by atoms with Gasteiger partial charge in [-0.15, -0.1) is 0 Å². The molecule has 158 valence electrons. The number of aliphatic hydroxyl groups excluding tert-OH is 1. The molecule has 1 saturated carbocycles. The molecule has 0 spiro atoms. The second-order valence-corrected chi connectivity index (χ2v) is 8.25. The number of carboxylic acid groups (broad SMARTS) is 1. The molecule has 5 rings (SSSR count). The van der Waals surface area contributed by atoms with E-state index in [2.05, 4.69) is 0 Å². The van der Waals surface area contributed by atoms with Crippen molar-refractivity contribution in [3.63, 3.8) is 0 Å². The first-order chi connectivity index (χ1) is 14.9. The number of carboxylic acids is 1. The Morgan fingerprint density at radius 1 is 1.00 bits per heavy atom. The van der Waals surface area contributed by atoms with E-state index in [0.29, 0.717) is 42.5 Å². The van der Waals surface area contributed by atoms with Gasteiger partial charge in [-0.1, -0.05) is 18.2 Å². The van der Waals surface area contributed by atoms with Crippen LogP contribution in [0, 0.1) is 0 Å². The van der Waals surface area contributed by atoms with Crippen molar-refractivity contribution in [3.8, 4) is 0 Å². The van der Waals surface area contributed by atoms with E-state index in [4.69, 9.17) is 9.52 Å². The molecule has 3 aromatic rings. The maximum atomic E-state index is 12.9. The van der Waals surface area contributed by atoms with Gasteiger partial charge in [0, 0.05) is 17.5 Å². The number of aromatic carboxylic acids is 1. The smallest absolute Gasteiger partial charge is 0.341 e. The highest BCUT2D eigenvalue weighted by atomic mass is 16.4. The fourth-order valence-corrected chi connectivity index (χ4v) is 4.58. The fraction of sp³-hybridized carbons (Fsp3) is 0.292. The van der Waals surface area contributed by atoms with Crippen LogP contribution in [0.3, 0.4) is 0 Å². The van der Waals surface area contributed by atoms with E-state index >= 15 is 0 Å². The minimum atomic E-state index is -1.05. The summed E-state index contributed by atoms with van der Waals surface area (Å²) in [5.41, 5.74) is 3.01. The lowest BCUT2D eigenvalue weighted by Gasteiger charge is -2.33. The van der Waals surface area contributed by atoms with Gasteiger partial charge < -0.3 is 19.5 Å². The number of benzene rings is 2. The third kappa shape index (κ3) is 3.31. The highest BCUT2D eigenvalue weighted by Crippen LogP contribution is 2.40. The minimum absolute atomic E-state index is 0.113. The molecule has 1 aliphatic heterocycles. The van der Waals surface area contributed by atoms with E-state index in [1.54, 1.807) is 4.90 Å². The van der Waals surface area contributed by atoms with Gasteiger partial charge >= 0.3 is 11.6 Å². The molecule has 7 nitrogen and oxygen atoms in total. The third-order valence-electron chi connectivity index (χ3n) is 6.38. The number of fused-ring (bicyclic) bond motifs is 3. The first-order valence-electron chi connectivity index (χ1n) is 10.3. The molecule has 31 heavy (non-hydrogen) atoms. The SMILES string of the molecule is O=C(O)c1ccc(C(=O)N2CCc3c(c(=O)oc4c(C5CC(O)C5)cccc34)C2)cc1. The lowest BCUT2D eigenvalue weighted by Crippen LogP contribution is -2.38. The molecule has 2 aromatic carbocycles. The average Bonchev–Trinajstić information content (AvgIpc) is 2.76. The topological polar surface area (TPSA) is 108 Å². The largest absolute Gasteiger partial charge is 0.478 e. The average molecular weight is 419 g/mol. The Morgan fingerprint density at radius 2 is 1.71 bits per heavy atom. The molecule has 1 fully saturated rings. The van der Waals surface area contributed by atoms with E-state index in [9.17, 15) is 19.5 Å². The molecular formula is C24H21NO6. The molecule has 2 aliphatic rings. The molecular weight excluding hydrogens is 398 g/mol.